The minimum atomic E-state index is -2.41. The Hall–Kier alpha value is -2.33. The fourth-order valence-electron chi connectivity index (χ4n) is 2.47. The molecule has 0 amide bonds. The summed E-state index contributed by atoms with van der Waals surface area (Å²) in [5.41, 5.74) is -2.56. The molecule has 0 fully saturated rings. The Balaban J connectivity index is 1.99. The second-order valence-corrected chi connectivity index (χ2v) is 5.15. The van der Waals surface area contributed by atoms with Crippen LogP contribution in [0.3, 0.4) is 0 Å². The molecule has 10 heteroatoms. The molecular formula is C15H6BF7O2. The Labute approximate surface area is 136 Å². The van der Waals surface area contributed by atoms with Crippen LogP contribution in [0.25, 0.3) is 5.83 Å². The lowest BCUT2D eigenvalue weighted by Gasteiger charge is -2.17. The molecule has 0 heterocycles. The summed E-state index contributed by atoms with van der Waals surface area (Å²) in [5, 5.41) is 9.79. The zero-order chi connectivity index (χ0) is 18.5. The molecule has 0 saturated carbocycles. The van der Waals surface area contributed by atoms with Crippen molar-refractivity contribution in [3.05, 3.63) is 70.3 Å². The number of hydrogen-bond acceptors (Lipinski definition) is 2. The Morgan fingerprint density at radius 1 is 0.880 bits per heavy atom. The summed E-state index contributed by atoms with van der Waals surface area (Å²) >= 11 is 0. The fraction of sp³-hybridized carbons (Fsp3) is 0.0667. The molecule has 0 spiro atoms. The third-order valence-electron chi connectivity index (χ3n) is 3.62. The zero-order valence-corrected chi connectivity index (χ0v) is 12.0. The van der Waals surface area contributed by atoms with E-state index < -0.39 is 70.6 Å². The molecule has 1 aliphatic carbocycles. The van der Waals surface area contributed by atoms with E-state index >= 15 is 0 Å². The van der Waals surface area contributed by atoms with Crippen LogP contribution in [-0.2, 0) is 4.65 Å². The van der Waals surface area contributed by atoms with Gasteiger partial charge in [-0.2, -0.15) is 0 Å². The third-order valence-corrected chi connectivity index (χ3v) is 3.62. The molecule has 0 bridgehead atoms. The van der Waals surface area contributed by atoms with Crippen LogP contribution >= 0.6 is 0 Å². The van der Waals surface area contributed by atoms with E-state index in [1.54, 1.807) is 0 Å². The molecule has 2 aromatic carbocycles. The fourth-order valence-corrected chi connectivity index (χ4v) is 2.47. The van der Waals surface area contributed by atoms with Crippen molar-refractivity contribution in [2.75, 3.05) is 0 Å². The van der Waals surface area contributed by atoms with E-state index in [1.165, 1.54) is 0 Å². The van der Waals surface area contributed by atoms with Gasteiger partial charge in [0.2, 0.25) is 0 Å². The number of halogens is 7. The van der Waals surface area contributed by atoms with E-state index in [-0.39, 0.29) is 6.07 Å². The summed E-state index contributed by atoms with van der Waals surface area (Å²) in [6, 6.07) is 1.97. The largest absolute Gasteiger partial charge is 0.495 e. The van der Waals surface area contributed by atoms with Crippen molar-refractivity contribution in [3.63, 3.8) is 0 Å². The van der Waals surface area contributed by atoms with Gasteiger partial charge < -0.3 is 9.68 Å². The maximum Gasteiger partial charge on any atom is 0.495 e. The predicted molar refractivity (Wildman–Crippen MR) is 73.2 cm³/mol. The SMILES string of the molecule is OB(OC1C(F)=C(F)c2c1ccc(F)c2F)c1cc(F)cc(F)c1F. The van der Waals surface area contributed by atoms with E-state index in [4.69, 9.17) is 4.65 Å². The van der Waals surface area contributed by atoms with Gasteiger partial charge in [-0.25, -0.2) is 30.7 Å². The van der Waals surface area contributed by atoms with Gasteiger partial charge in [-0.05, 0) is 17.7 Å². The molecule has 25 heavy (non-hydrogen) atoms. The van der Waals surface area contributed by atoms with Gasteiger partial charge in [0.05, 0.1) is 5.56 Å². The van der Waals surface area contributed by atoms with Gasteiger partial charge >= 0.3 is 7.12 Å². The van der Waals surface area contributed by atoms with Crippen molar-refractivity contribution in [1.82, 2.24) is 0 Å². The van der Waals surface area contributed by atoms with Gasteiger partial charge in [-0.3, -0.25) is 0 Å². The molecule has 1 unspecified atom stereocenters. The average Bonchev–Trinajstić information content (AvgIpc) is 2.79. The van der Waals surface area contributed by atoms with Crippen LogP contribution in [0.1, 0.15) is 17.2 Å². The van der Waals surface area contributed by atoms with Crippen molar-refractivity contribution in [2.24, 2.45) is 0 Å². The van der Waals surface area contributed by atoms with E-state index in [0.29, 0.717) is 12.1 Å². The lowest BCUT2D eigenvalue weighted by atomic mass is 9.78. The predicted octanol–water partition coefficient (Wildman–Crippen LogP) is 3.45. The van der Waals surface area contributed by atoms with Crippen LogP contribution in [0.5, 0.6) is 0 Å². The normalized spacial score (nSPS) is 16.4. The molecule has 0 saturated heterocycles. The van der Waals surface area contributed by atoms with Gasteiger partial charge in [0.15, 0.2) is 34.9 Å². The van der Waals surface area contributed by atoms with Crippen LogP contribution in [0, 0.1) is 29.1 Å². The molecule has 2 nitrogen and oxygen atoms in total. The minimum absolute atomic E-state index is 0.203. The van der Waals surface area contributed by atoms with E-state index in [9.17, 15) is 35.8 Å². The van der Waals surface area contributed by atoms with E-state index in [1.807, 2.05) is 0 Å². The maximum atomic E-state index is 14.0. The Morgan fingerprint density at radius 3 is 2.24 bits per heavy atom. The molecule has 1 N–H and O–H groups in total. The first-order chi connectivity index (χ1) is 11.7. The van der Waals surface area contributed by atoms with Gasteiger partial charge in [0.1, 0.15) is 11.9 Å². The maximum absolute atomic E-state index is 14.0. The van der Waals surface area contributed by atoms with Crippen LogP contribution in [0.2, 0.25) is 0 Å². The topological polar surface area (TPSA) is 29.5 Å². The average molecular weight is 362 g/mol. The Bertz CT molecular complexity index is 900. The second-order valence-electron chi connectivity index (χ2n) is 5.15. The van der Waals surface area contributed by atoms with Crippen LogP contribution in [0.4, 0.5) is 30.7 Å². The second kappa shape index (κ2) is 6.19. The highest BCUT2D eigenvalue weighted by Gasteiger charge is 2.40. The van der Waals surface area contributed by atoms with Crippen molar-refractivity contribution in [1.29, 1.82) is 0 Å². The summed E-state index contributed by atoms with van der Waals surface area (Å²) in [6.07, 6.45) is -2.05. The molecular weight excluding hydrogens is 356 g/mol. The molecule has 0 radical (unpaired) electrons. The lowest BCUT2D eigenvalue weighted by Crippen LogP contribution is -2.38. The highest BCUT2D eigenvalue weighted by Crippen LogP contribution is 2.45. The van der Waals surface area contributed by atoms with Gasteiger partial charge in [0.25, 0.3) is 0 Å². The Kier molecular flexibility index (Phi) is 4.34. The summed E-state index contributed by atoms with van der Waals surface area (Å²) < 4.78 is 99.2. The van der Waals surface area contributed by atoms with Crippen LogP contribution < -0.4 is 5.46 Å². The lowest BCUT2D eigenvalue weighted by molar-refractivity contribution is 0.184. The molecule has 0 aliphatic heterocycles. The van der Waals surface area contributed by atoms with Gasteiger partial charge in [0, 0.05) is 11.5 Å². The van der Waals surface area contributed by atoms with E-state index in [0.717, 1.165) is 6.07 Å². The van der Waals surface area contributed by atoms with Gasteiger partial charge in [-0.1, -0.05) is 6.07 Å². The number of fused-ring (bicyclic) bond motifs is 1. The van der Waals surface area contributed by atoms with E-state index in [2.05, 4.69) is 0 Å². The first-order valence-corrected chi connectivity index (χ1v) is 6.73. The molecule has 2 aromatic rings. The number of hydrogen-bond donors (Lipinski definition) is 1. The highest BCUT2D eigenvalue weighted by molar-refractivity contribution is 6.60. The summed E-state index contributed by atoms with van der Waals surface area (Å²) in [5.74, 6) is -11.1. The smallest absolute Gasteiger partial charge is 0.423 e. The minimum Gasteiger partial charge on any atom is -0.423 e. The molecule has 1 atom stereocenters. The van der Waals surface area contributed by atoms with Crippen molar-refractivity contribution in [2.45, 2.75) is 6.10 Å². The number of benzene rings is 2. The van der Waals surface area contributed by atoms with Crippen LogP contribution in [0.15, 0.2) is 30.1 Å². The standard InChI is InChI=1S/C15H6BF7O2/c17-5-3-7(11(20)9(19)4-5)16(24)25-15-6-1-2-8(18)12(21)10(6)13(22)14(15)23/h1-4,15,24H. The molecule has 130 valence electrons. The summed E-state index contributed by atoms with van der Waals surface area (Å²) in [6.45, 7) is 0. The molecule has 3 rings (SSSR count). The van der Waals surface area contributed by atoms with Crippen molar-refractivity contribution in [3.8, 4) is 0 Å². The first-order valence-electron chi connectivity index (χ1n) is 6.73. The Morgan fingerprint density at radius 2 is 1.56 bits per heavy atom. The summed E-state index contributed by atoms with van der Waals surface area (Å²) in [4.78, 5) is 0. The molecule has 0 aromatic heterocycles. The molecule has 1 aliphatic rings. The van der Waals surface area contributed by atoms with Gasteiger partial charge in [-0.15, -0.1) is 0 Å². The van der Waals surface area contributed by atoms with Crippen LogP contribution in [-0.4, -0.2) is 12.1 Å². The zero-order valence-electron chi connectivity index (χ0n) is 12.0. The summed E-state index contributed by atoms with van der Waals surface area (Å²) in [7, 11) is -2.41. The number of rotatable bonds is 3. The quantitative estimate of drug-likeness (QED) is 0.515. The van der Waals surface area contributed by atoms with Crippen molar-refractivity contribution >= 4 is 18.4 Å². The first kappa shape index (κ1) is 17.5. The monoisotopic (exact) mass is 362 g/mol. The highest BCUT2D eigenvalue weighted by atomic mass is 19.2. The van der Waals surface area contributed by atoms with Crippen molar-refractivity contribution < 1.29 is 40.4 Å². The third kappa shape index (κ3) is 2.81.